The maximum atomic E-state index is 11.6. The van der Waals surface area contributed by atoms with Gasteiger partial charge in [-0.15, -0.1) is 0 Å². The third-order valence-corrected chi connectivity index (χ3v) is 3.95. The molecule has 3 nitrogen and oxygen atoms in total. The van der Waals surface area contributed by atoms with Crippen LogP contribution in [0.15, 0.2) is 24.3 Å². The number of piperidine rings is 1. The molecule has 104 valence electrons. The summed E-state index contributed by atoms with van der Waals surface area (Å²) in [6.07, 6.45) is 3.98. The Hall–Kier alpha value is -1.51. The monoisotopic (exact) mass is 261 g/mol. The normalized spacial score (nSPS) is 16.4. The first-order valence-corrected chi connectivity index (χ1v) is 7.13. The van der Waals surface area contributed by atoms with Crippen molar-refractivity contribution in [1.82, 2.24) is 4.90 Å². The molecule has 1 heterocycles. The van der Waals surface area contributed by atoms with Crippen LogP contribution < -0.4 is 4.74 Å². The van der Waals surface area contributed by atoms with Gasteiger partial charge in [0.25, 0.3) is 0 Å². The van der Waals surface area contributed by atoms with Gasteiger partial charge in [0.1, 0.15) is 5.75 Å². The first-order chi connectivity index (χ1) is 9.22. The summed E-state index contributed by atoms with van der Waals surface area (Å²) < 4.78 is 5.17. The van der Waals surface area contributed by atoms with Crippen molar-refractivity contribution in [3.63, 3.8) is 0 Å². The summed E-state index contributed by atoms with van der Waals surface area (Å²) in [5.74, 6) is 1.91. The van der Waals surface area contributed by atoms with E-state index in [2.05, 4.69) is 12.1 Å². The molecule has 1 aliphatic rings. The second-order valence-corrected chi connectivity index (χ2v) is 5.23. The average Bonchev–Trinajstić information content (AvgIpc) is 2.48. The Morgan fingerprint density at radius 1 is 1.26 bits per heavy atom. The molecule has 19 heavy (non-hydrogen) atoms. The van der Waals surface area contributed by atoms with Crippen LogP contribution in [-0.2, 0) is 11.2 Å². The van der Waals surface area contributed by atoms with Crippen molar-refractivity contribution >= 4 is 5.91 Å². The largest absolute Gasteiger partial charge is 0.497 e. The Morgan fingerprint density at radius 3 is 2.42 bits per heavy atom. The zero-order valence-electron chi connectivity index (χ0n) is 11.9. The van der Waals surface area contributed by atoms with E-state index in [9.17, 15) is 4.79 Å². The minimum Gasteiger partial charge on any atom is -0.497 e. The van der Waals surface area contributed by atoms with Gasteiger partial charge in [-0.3, -0.25) is 4.79 Å². The van der Waals surface area contributed by atoms with E-state index in [1.165, 1.54) is 5.56 Å². The first kappa shape index (κ1) is 13.9. The molecule has 0 saturated carbocycles. The number of rotatable bonds is 4. The highest BCUT2D eigenvalue weighted by molar-refractivity contribution is 5.75. The summed E-state index contributed by atoms with van der Waals surface area (Å²) in [4.78, 5) is 13.6. The molecule has 0 aromatic heterocycles. The lowest BCUT2D eigenvalue weighted by Gasteiger charge is -2.32. The summed E-state index contributed by atoms with van der Waals surface area (Å²) in [5, 5.41) is 0. The van der Waals surface area contributed by atoms with E-state index < -0.39 is 0 Å². The van der Waals surface area contributed by atoms with Crippen molar-refractivity contribution in [2.75, 3.05) is 20.2 Å². The number of benzene rings is 1. The van der Waals surface area contributed by atoms with E-state index in [0.29, 0.717) is 18.2 Å². The molecule has 1 amide bonds. The number of carbonyl (C=O) groups is 1. The molecule has 2 rings (SSSR count). The topological polar surface area (TPSA) is 29.5 Å². The van der Waals surface area contributed by atoms with E-state index in [0.717, 1.165) is 38.1 Å². The summed E-state index contributed by atoms with van der Waals surface area (Å²) in [6, 6.07) is 8.32. The predicted molar refractivity (Wildman–Crippen MR) is 76.3 cm³/mol. The van der Waals surface area contributed by atoms with Gasteiger partial charge >= 0.3 is 0 Å². The molecule has 1 aliphatic heterocycles. The zero-order chi connectivity index (χ0) is 13.7. The summed E-state index contributed by atoms with van der Waals surface area (Å²) in [6.45, 7) is 3.78. The van der Waals surface area contributed by atoms with E-state index in [1.807, 2.05) is 24.0 Å². The third-order valence-electron chi connectivity index (χ3n) is 3.95. The van der Waals surface area contributed by atoms with Crippen molar-refractivity contribution < 1.29 is 9.53 Å². The maximum absolute atomic E-state index is 11.6. The molecule has 1 saturated heterocycles. The molecule has 0 atom stereocenters. The van der Waals surface area contributed by atoms with Crippen molar-refractivity contribution in [3.05, 3.63) is 29.8 Å². The van der Waals surface area contributed by atoms with Crippen LogP contribution in [-0.4, -0.2) is 31.0 Å². The van der Waals surface area contributed by atoms with Gasteiger partial charge in [-0.1, -0.05) is 19.1 Å². The third kappa shape index (κ3) is 3.72. The maximum Gasteiger partial charge on any atom is 0.222 e. The van der Waals surface area contributed by atoms with Crippen LogP contribution in [0.4, 0.5) is 0 Å². The van der Waals surface area contributed by atoms with Crippen LogP contribution in [0.5, 0.6) is 5.75 Å². The Bertz CT molecular complexity index is 405. The van der Waals surface area contributed by atoms with Gasteiger partial charge in [0, 0.05) is 19.5 Å². The standard InChI is InChI=1S/C16H23NO2/c1-3-16(18)17-10-8-14(9-11-17)12-13-4-6-15(19-2)7-5-13/h4-7,14H,3,8-12H2,1-2H3. The summed E-state index contributed by atoms with van der Waals surface area (Å²) >= 11 is 0. The van der Waals surface area contributed by atoms with Gasteiger partial charge in [0.2, 0.25) is 5.91 Å². The molecule has 0 spiro atoms. The number of methoxy groups -OCH3 is 1. The molecular formula is C16H23NO2. The molecule has 1 fully saturated rings. The highest BCUT2D eigenvalue weighted by Gasteiger charge is 2.21. The number of ether oxygens (including phenoxy) is 1. The van der Waals surface area contributed by atoms with Crippen LogP contribution in [0.2, 0.25) is 0 Å². The van der Waals surface area contributed by atoms with E-state index >= 15 is 0 Å². The smallest absolute Gasteiger partial charge is 0.222 e. The second kappa shape index (κ2) is 6.60. The Balaban J connectivity index is 1.83. The predicted octanol–water partition coefficient (Wildman–Crippen LogP) is 2.89. The number of carbonyl (C=O) groups excluding carboxylic acids is 1. The van der Waals surface area contributed by atoms with Gasteiger partial charge < -0.3 is 9.64 Å². The number of likely N-dealkylation sites (tertiary alicyclic amines) is 1. The highest BCUT2D eigenvalue weighted by Crippen LogP contribution is 2.23. The van der Waals surface area contributed by atoms with Gasteiger partial charge in [-0.25, -0.2) is 0 Å². The molecule has 1 aromatic carbocycles. The van der Waals surface area contributed by atoms with Gasteiger partial charge in [0.05, 0.1) is 7.11 Å². The first-order valence-electron chi connectivity index (χ1n) is 7.13. The lowest BCUT2D eigenvalue weighted by molar-refractivity contribution is -0.132. The molecule has 1 aromatic rings. The number of amides is 1. The second-order valence-electron chi connectivity index (χ2n) is 5.23. The van der Waals surface area contributed by atoms with Crippen LogP contribution >= 0.6 is 0 Å². The summed E-state index contributed by atoms with van der Waals surface area (Å²) in [7, 11) is 1.69. The zero-order valence-corrected chi connectivity index (χ0v) is 11.9. The molecule has 0 radical (unpaired) electrons. The van der Waals surface area contributed by atoms with Gasteiger partial charge in [-0.2, -0.15) is 0 Å². The molecule has 0 N–H and O–H groups in total. The lowest BCUT2D eigenvalue weighted by Crippen LogP contribution is -2.38. The van der Waals surface area contributed by atoms with Crippen molar-refractivity contribution in [2.45, 2.75) is 32.6 Å². The van der Waals surface area contributed by atoms with Crippen LogP contribution in [0.25, 0.3) is 0 Å². The molecule has 0 bridgehead atoms. The quantitative estimate of drug-likeness (QED) is 0.834. The Kier molecular flexibility index (Phi) is 4.83. The minimum atomic E-state index is 0.294. The van der Waals surface area contributed by atoms with Gasteiger partial charge in [0.15, 0.2) is 0 Å². The van der Waals surface area contributed by atoms with E-state index in [1.54, 1.807) is 7.11 Å². The van der Waals surface area contributed by atoms with Crippen LogP contribution in [0.1, 0.15) is 31.7 Å². The fourth-order valence-corrected chi connectivity index (χ4v) is 2.71. The lowest BCUT2D eigenvalue weighted by atomic mass is 9.90. The van der Waals surface area contributed by atoms with Crippen LogP contribution in [0.3, 0.4) is 0 Å². The molecule has 0 unspecified atom stereocenters. The highest BCUT2D eigenvalue weighted by atomic mass is 16.5. The molecule has 0 aliphatic carbocycles. The summed E-state index contributed by atoms with van der Waals surface area (Å²) in [5.41, 5.74) is 1.36. The van der Waals surface area contributed by atoms with E-state index in [4.69, 9.17) is 4.74 Å². The number of nitrogens with zero attached hydrogens (tertiary/aromatic N) is 1. The van der Waals surface area contributed by atoms with Gasteiger partial charge in [-0.05, 0) is 42.9 Å². The number of hydrogen-bond donors (Lipinski definition) is 0. The molecular weight excluding hydrogens is 238 g/mol. The fraction of sp³-hybridized carbons (Fsp3) is 0.562. The van der Waals surface area contributed by atoms with Crippen LogP contribution in [0, 0.1) is 5.92 Å². The SMILES string of the molecule is CCC(=O)N1CCC(Cc2ccc(OC)cc2)CC1. The van der Waals surface area contributed by atoms with E-state index in [-0.39, 0.29) is 0 Å². The fourth-order valence-electron chi connectivity index (χ4n) is 2.71. The average molecular weight is 261 g/mol. The number of hydrogen-bond acceptors (Lipinski definition) is 2. The Morgan fingerprint density at radius 2 is 1.89 bits per heavy atom. The Labute approximate surface area is 115 Å². The van der Waals surface area contributed by atoms with Crippen molar-refractivity contribution in [2.24, 2.45) is 5.92 Å². The van der Waals surface area contributed by atoms with Crippen molar-refractivity contribution in [3.8, 4) is 5.75 Å². The molecule has 3 heteroatoms. The minimum absolute atomic E-state index is 0.294. The van der Waals surface area contributed by atoms with Crippen molar-refractivity contribution in [1.29, 1.82) is 0 Å².